The van der Waals surface area contributed by atoms with Crippen molar-refractivity contribution in [2.24, 2.45) is 17.3 Å². The Morgan fingerprint density at radius 2 is 2.00 bits per heavy atom. The lowest BCUT2D eigenvalue weighted by Gasteiger charge is -2.49. The molecule has 3 aliphatic carbocycles. The Labute approximate surface area is 132 Å². The van der Waals surface area contributed by atoms with Crippen molar-refractivity contribution in [3.05, 3.63) is 29.3 Å². The molecule has 0 radical (unpaired) electrons. The van der Waals surface area contributed by atoms with Gasteiger partial charge in [-0.05, 0) is 85.0 Å². The van der Waals surface area contributed by atoms with E-state index in [2.05, 4.69) is 6.92 Å². The molecule has 22 heavy (non-hydrogen) atoms. The van der Waals surface area contributed by atoms with Crippen LogP contribution in [0.4, 0.5) is 3.89 Å². The smallest absolute Gasteiger partial charge is 0.189 e. The first-order valence-corrected chi connectivity index (χ1v) is 9.84. The number of hydrogen-bond donors (Lipinski definition) is 0. The number of fused-ring (bicyclic) bond motifs is 5. The third kappa shape index (κ3) is 2.14. The van der Waals surface area contributed by atoms with Crippen LogP contribution in [-0.2, 0) is 16.6 Å². The quantitative estimate of drug-likeness (QED) is 0.709. The molecule has 0 saturated heterocycles. The monoisotopic (exact) mass is 322 g/mol. The van der Waals surface area contributed by atoms with E-state index in [9.17, 15) is 12.3 Å². The molecule has 4 heteroatoms. The molecule has 2 fully saturated rings. The molecule has 0 N–H and O–H groups in total. The van der Waals surface area contributed by atoms with E-state index in [1.165, 1.54) is 43.7 Å². The van der Waals surface area contributed by atoms with Gasteiger partial charge in [-0.25, -0.2) is 0 Å². The largest absolute Gasteiger partial charge is 0.332 e. The van der Waals surface area contributed by atoms with Crippen molar-refractivity contribution in [2.75, 3.05) is 0 Å². The predicted molar refractivity (Wildman–Crippen MR) is 84.0 cm³/mol. The second-order valence-electron chi connectivity index (χ2n) is 7.80. The normalized spacial score (nSPS) is 37.3. The molecule has 0 aliphatic heterocycles. The van der Waals surface area contributed by atoms with Gasteiger partial charge in [-0.2, -0.15) is 8.42 Å². The number of benzene rings is 1. The molecule has 120 valence electrons. The van der Waals surface area contributed by atoms with Crippen LogP contribution >= 0.6 is 0 Å². The molecule has 3 aliphatic rings. The summed E-state index contributed by atoms with van der Waals surface area (Å²) >= 11 is 0. The Hall–Kier alpha value is -0.900. The highest BCUT2D eigenvalue weighted by Gasteiger charge is 2.50. The van der Waals surface area contributed by atoms with E-state index in [1.807, 2.05) is 6.07 Å². The minimum atomic E-state index is -4.59. The van der Waals surface area contributed by atoms with Crippen LogP contribution in [0.15, 0.2) is 23.1 Å². The van der Waals surface area contributed by atoms with Crippen molar-refractivity contribution in [3.63, 3.8) is 0 Å². The molecule has 2 nitrogen and oxygen atoms in total. The Morgan fingerprint density at radius 1 is 1.18 bits per heavy atom. The topological polar surface area (TPSA) is 34.1 Å². The van der Waals surface area contributed by atoms with Gasteiger partial charge in [-0.1, -0.05) is 19.4 Å². The maximum absolute atomic E-state index is 13.2. The fourth-order valence-corrected chi connectivity index (χ4v) is 6.22. The molecule has 0 bridgehead atoms. The van der Waals surface area contributed by atoms with Gasteiger partial charge >= 0.3 is 10.2 Å². The second kappa shape index (κ2) is 4.80. The van der Waals surface area contributed by atoms with Crippen LogP contribution in [-0.4, -0.2) is 8.42 Å². The lowest BCUT2D eigenvalue weighted by molar-refractivity contribution is 0.0598. The summed E-state index contributed by atoms with van der Waals surface area (Å²) in [5.74, 6) is 2.11. The summed E-state index contributed by atoms with van der Waals surface area (Å²) in [5, 5.41) is 0. The Kier molecular flexibility index (Phi) is 3.20. The molecule has 0 aromatic heterocycles. The zero-order valence-corrected chi connectivity index (χ0v) is 13.8. The van der Waals surface area contributed by atoms with Gasteiger partial charge in [0.1, 0.15) is 0 Å². The predicted octanol–water partition coefficient (Wildman–Crippen LogP) is 4.59. The summed E-state index contributed by atoms with van der Waals surface area (Å²) in [7, 11) is -4.59. The molecular weight excluding hydrogens is 299 g/mol. The third-order valence-corrected chi connectivity index (χ3v) is 7.58. The Bertz CT molecular complexity index is 712. The molecule has 0 heterocycles. The highest BCUT2D eigenvalue weighted by Crippen LogP contribution is 2.60. The first kappa shape index (κ1) is 14.7. The maximum atomic E-state index is 13.2. The van der Waals surface area contributed by atoms with Crippen molar-refractivity contribution >= 4 is 10.2 Å². The molecule has 2 saturated carbocycles. The zero-order chi connectivity index (χ0) is 15.5. The lowest BCUT2D eigenvalue weighted by Crippen LogP contribution is -2.39. The van der Waals surface area contributed by atoms with Crippen LogP contribution in [0, 0.1) is 17.3 Å². The first-order valence-electron chi connectivity index (χ1n) is 8.46. The van der Waals surface area contributed by atoms with Crippen molar-refractivity contribution in [1.82, 2.24) is 0 Å². The Morgan fingerprint density at radius 3 is 2.77 bits per heavy atom. The van der Waals surface area contributed by atoms with E-state index in [4.69, 9.17) is 0 Å². The second-order valence-corrected chi connectivity index (χ2v) is 9.15. The van der Waals surface area contributed by atoms with E-state index >= 15 is 0 Å². The standard InChI is InChI=1S/C18H23FO2S/c1-18-9-2-3-17(18)16-6-4-12-11-13(22(19,20)21)5-7-14(12)15(16)8-10-18/h5,7,11,15-17H,2-4,6,8-10H2,1H3/t15-,16-,17+,18+/m1/s1. The van der Waals surface area contributed by atoms with Gasteiger partial charge in [0, 0.05) is 0 Å². The highest BCUT2D eigenvalue weighted by molar-refractivity contribution is 7.86. The summed E-state index contributed by atoms with van der Waals surface area (Å²) in [6.07, 6.45) is 8.58. The van der Waals surface area contributed by atoms with Gasteiger partial charge < -0.3 is 0 Å². The summed E-state index contributed by atoms with van der Waals surface area (Å²) < 4.78 is 35.5. The molecule has 0 amide bonds. The molecule has 1 aromatic rings. The van der Waals surface area contributed by atoms with Gasteiger partial charge in [0.2, 0.25) is 0 Å². The van der Waals surface area contributed by atoms with Gasteiger partial charge in [0.05, 0.1) is 4.90 Å². The van der Waals surface area contributed by atoms with Crippen LogP contribution in [0.5, 0.6) is 0 Å². The van der Waals surface area contributed by atoms with E-state index in [0.29, 0.717) is 11.3 Å². The fraction of sp³-hybridized carbons (Fsp3) is 0.667. The van der Waals surface area contributed by atoms with Crippen LogP contribution < -0.4 is 0 Å². The van der Waals surface area contributed by atoms with E-state index in [1.54, 1.807) is 6.07 Å². The minimum Gasteiger partial charge on any atom is -0.189 e. The maximum Gasteiger partial charge on any atom is 0.332 e. The molecule has 0 unspecified atom stereocenters. The molecule has 0 spiro atoms. The van der Waals surface area contributed by atoms with E-state index in [-0.39, 0.29) is 4.90 Å². The number of rotatable bonds is 1. The molecule has 1 aromatic carbocycles. The van der Waals surface area contributed by atoms with Crippen LogP contribution in [0.1, 0.15) is 62.5 Å². The molecular formula is C18H23FO2S. The van der Waals surface area contributed by atoms with Crippen LogP contribution in [0.25, 0.3) is 0 Å². The summed E-state index contributed by atoms with van der Waals surface area (Å²) in [5.41, 5.74) is 2.88. The van der Waals surface area contributed by atoms with Crippen molar-refractivity contribution < 1.29 is 12.3 Å². The number of aryl methyl sites for hydroxylation is 1. The molecule has 4 rings (SSSR count). The Balaban J connectivity index is 1.71. The van der Waals surface area contributed by atoms with Crippen molar-refractivity contribution in [1.29, 1.82) is 0 Å². The van der Waals surface area contributed by atoms with Crippen LogP contribution in [0.3, 0.4) is 0 Å². The van der Waals surface area contributed by atoms with Gasteiger partial charge in [-0.15, -0.1) is 3.89 Å². The zero-order valence-electron chi connectivity index (χ0n) is 13.0. The SMILES string of the molecule is C[C@@]12CCC[C@H]1[C@@H]1CCc3cc(S(=O)(=O)F)ccc3[C@H]1CC2. The minimum absolute atomic E-state index is 0.175. The van der Waals surface area contributed by atoms with Crippen LogP contribution in [0.2, 0.25) is 0 Å². The van der Waals surface area contributed by atoms with Gasteiger partial charge in [-0.3, -0.25) is 0 Å². The third-order valence-electron chi connectivity index (χ3n) is 6.76. The fourth-order valence-electron chi connectivity index (χ4n) is 5.70. The molecule has 4 atom stereocenters. The van der Waals surface area contributed by atoms with Crippen molar-refractivity contribution in [3.8, 4) is 0 Å². The lowest BCUT2D eigenvalue weighted by atomic mass is 9.56. The number of halogens is 1. The average Bonchev–Trinajstić information content (AvgIpc) is 2.87. The van der Waals surface area contributed by atoms with E-state index in [0.717, 1.165) is 30.2 Å². The summed E-state index contributed by atoms with van der Waals surface area (Å²) in [6.45, 7) is 2.47. The van der Waals surface area contributed by atoms with Gasteiger partial charge in [0.25, 0.3) is 0 Å². The summed E-state index contributed by atoms with van der Waals surface area (Å²) in [6, 6.07) is 4.92. The van der Waals surface area contributed by atoms with Crippen molar-refractivity contribution in [2.45, 2.75) is 62.7 Å². The summed E-state index contributed by atoms with van der Waals surface area (Å²) in [4.78, 5) is -0.175. The first-order chi connectivity index (χ1) is 10.4. The van der Waals surface area contributed by atoms with E-state index < -0.39 is 10.2 Å². The average molecular weight is 322 g/mol. The number of hydrogen-bond acceptors (Lipinski definition) is 2. The highest BCUT2D eigenvalue weighted by atomic mass is 32.3. The van der Waals surface area contributed by atoms with Gasteiger partial charge in [0.15, 0.2) is 0 Å².